The van der Waals surface area contributed by atoms with Crippen LogP contribution in [0.25, 0.3) is 0 Å². The van der Waals surface area contributed by atoms with Crippen molar-refractivity contribution >= 4 is 17.7 Å². The number of nitrogens with one attached hydrogen (secondary N) is 1. The van der Waals surface area contributed by atoms with Gasteiger partial charge in [0.2, 0.25) is 11.8 Å². The fourth-order valence-corrected chi connectivity index (χ4v) is 4.76. The first-order valence-electron chi connectivity index (χ1n) is 10.2. The highest BCUT2D eigenvalue weighted by Crippen LogP contribution is 2.47. The molecule has 0 aliphatic carbocycles. The molecule has 3 amide bonds. The lowest BCUT2D eigenvalue weighted by Gasteiger charge is -2.48. The Morgan fingerprint density at radius 2 is 1.80 bits per heavy atom. The standard InChI is InChI=1S/C22H23N3O5/c1-22-13-15(14-5-2-3-6-16(14)30-22)18(19(26)23-22)21(28)25-10-8-24(9-11-25)20(27)17-7-4-12-29-17/h2-7,12,15,18H,8-11,13H2,1H3,(H,23,26)/t15-,18+,22+/m1/s1. The van der Waals surface area contributed by atoms with Crippen LogP contribution in [0.3, 0.4) is 0 Å². The number of hydrogen-bond donors (Lipinski definition) is 1. The maximum Gasteiger partial charge on any atom is 0.289 e. The van der Waals surface area contributed by atoms with E-state index in [0.717, 1.165) is 5.56 Å². The summed E-state index contributed by atoms with van der Waals surface area (Å²) in [5.41, 5.74) is 0.0934. The molecule has 156 valence electrons. The summed E-state index contributed by atoms with van der Waals surface area (Å²) >= 11 is 0. The summed E-state index contributed by atoms with van der Waals surface area (Å²) in [5.74, 6) is -0.706. The molecule has 2 bridgehead atoms. The highest BCUT2D eigenvalue weighted by atomic mass is 16.5. The lowest BCUT2D eigenvalue weighted by Crippen LogP contribution is -2.64. The average molecular weight is 409 g/mol. The van der Waals surface area contributed by atoms with E-state index in [4.69, 9.17) is 9.15 Å². The predicted molar refractivity (Wildman–Crippen MR) is 106 cm³/mol. The van der Waals surface area contributed by atoms with Crippen molar-refractivity contribution in [2.45, 2.75) is 25.0 Å². The molecule has 30 heavy (non-hydrogen) atoms. The lowest BCUT2D eigenvalue weighted by atomic mass is 9.74. The summed E-state index contributed by atoms with van der Waals surface area (Å²) < 4.78 is 11.2. The first-order valence-corrected chi connectivity index (χ1v) is 10.2. The molecule has 0 spiro atoms. The van der Waals surface area contributed by atoms with Crippen LogP contribution in [0.1, 0.15) is 35.4 Å². The number of carbonyl (C=O) groups is 3. The molecule has 2 fully saturated rings. The molecule has 3 atom stereocenters. The van der Waals surface area contributed by atoms with Crippen LogP contribution in [0.4, 0.5) is 0 Å². The molecule has 1 aromatic heterocycles. The largest absolute Gasteiger partial charge is 0.468 e. The Kier molecular flexibility index (Phi) is 4.30. The van der Waals surface area contributed by atoms with Crippen LogP contribution >= 0.6 is 0 Å². The van der Waals surface area contributed by atoms with E-state index in [1.807, 2.05) is 31.2 Å². The molecule has 8 heteroatoms. The Hall–Kier alpha value is -3.29. The summed E-state index contributed by atoms with van der Waals surface area (Å²) in [4.78, 5) is 42.1. The fourth-order valence-electron chi connectivity index (χ4n) is 4.76. The number of piperidine rings is 1. The Bertz CT molecular complexity index is 996. The number of carbonyl (C=O) groups excluding carboxylic acids is 3. The molecule has 1 aromatic carbocycles. The van der Waals surface area contributed by atoms with Crippen molar-refractivity contribution in [3.05, 3.63) is 54.0 Å². The van der Waals surface area contributed by atoms with Crippen molar-refractivity contribution in [1.29, 1.82) is 0 Å². The number of ether oxygens (including phenoxy) is 1. The number of rotatable bonds is 2. The highest BCUT2D eigenvalue weighted by molar-refractivity contribution is 6.02. The van der Waals surface area contributed by atoms with Crippen LogP contribution in [-0.4, -0.2) is 59.4 Å². The SMILES string of the molecule is C[C@@]12C[C@H](c3ccccc3O1)[C@H](C(=O)N1CCN(C(=O)c3ccco3)CC1)C(=O)N2. The van der Waals surface area contributed by atoms with Crippen LogP contribution in [0.5, 0.6) is 5.75 Å². The minimum Gasteiger partial charge on any atom is -0.468 e. The zero-order chi connectivity index (χ0) is 20.9. The first kappa shape index (κ1) is 18.7. The van der Waals surface area contributed by atoms with Crippen LogP contribution in [-0.2, 0) is 9.59 Å². The van der Waals surface area contributed by atoms with E-state index in [0.29, 0.717) is 44.1 Å². The molecule has 5 rings (SSSR count). The Morgan fingerprint density at radius 1 is 1.07 bits per heavy atom. The van der Waals surface area contributed by atoms with Gasteiger partial charge in [0.15, 0.2) is 11.5 Å². The Labute approximate surface area is 173 Å². The topological polar surface area (TPSA) is 92.1 Å². The van der Waals surface area contributed by atoms with E-state index < -0.39 is 11.6 Å². The van der Waals surface area contributed by atoms with Gasteiger partial charge in [0.1, 0.15) is 11.7 Å². The number of fused-ring (bicyclic) bond motifs is 4. The zero-order valence-electron chi connectivity index (χ0n) is 16.7. The van der Waals surface area contributed by atoms with Gasteiger partial charge in [-0.15, -0.1) is 0 Å². The van der Waals surface area contributed by atoms with Gasteiger partial charge in [0, 0.05) is 38.5 Å². The second-order valence-corrected chi connectivity index (χ2v) is 8.24. The van der Waals surface area contributed by atoms with Crippen LogP contribution in [0, 0.1) is 5.92 Å². The van der Waals surface area contributed by atoms with Gasteiger partial charge in [-0.25, -0.2) is 0 Å². The van der Waals surface area contributed by atoms with Gasteiger partial charge in [0.05, 0.1) is 6.26 Å². The summed E-state index contributed by atoms with van der Waals surface area (Å²) in [7, 11) is 0. The molecule has 4 heterocycles. The van der Waals surface area contributed by atoms with Gasteiger partial charge < -0.3 is 24.3 Å². The monoisotopic (exact) mass is 409 g/mol. The molecule has 2 saturated heterocycles. The van der Waals surface area contributed by atoms with E-state index in [2.05, 4.69) is 5.32 Å². The number of amides is 3. The molecular formula is C22H23N3O5. The fraction of sp³-hybridized carbons (Fsp3) is 0.409. The number of piperazine rings is 1. The highest BCUT2D eigenvalue weighted by Gasteiger charge is 2.52. The molecule has 3 aliphatic heterocycles. The number of benzene rings is 1. The zero-order valence-corrected chi connectivity index (χ0v) is 16.7. The molecule has 0 radical (unpaired) electrons. The van der Waals surface area contributed by atoms with Crippen LogP contribution < -0.4 is 10.1 Å². The van der Waals surface area contributed by atoms with Gasteiger partial charge in [-0.1, -0.05) is 18.2 Å². The third kappa shape index (κ3) is 3.03. The summed E-state index contributed by atoms with van der Waals surface area (Å²) in [5, 5.41) is 2.90. The predicted octanol–water partition coefficient (Wildman–Crippen LogP) is 1.59. The minimum absolute atomic E-state index is 0.184. The molecule has 1 N–H and O–H groups in total. The summed E-state index contributed by atoms with van der Waals surface area (Å²) in [6, 6.07) is 10.9. The third-order valence-corrected chi connectivity index (χ3v) is 6.21. The van der Waals surface area contributed by atoms with E-state index in [1.165, 1.54) is 6.26 Å². The maximum absolute atomic E-state index is 13.4. The van der Waals surface area contributed by atoms with E-state index in [1.54, 1.807) is 21.9 Å². The van der Waals surface area contributed by atoms with Crippen molar-refractivity contribution in [2.24, 2.45) is 5.92 Å². The molecule has 3 aliphatic rings. The smallest absolute Gasteiger partial charge is 0.289 e. The molecule has 0 unspecified atom stereocenters. The van der Waals surface area contributed by atoms with E-state index >= 15 is 0 Å². The van der Waals surface area contributed by atoms with Crippen molar-refractivity contribution in [1.82, 2.24) is 15.1 Å². The van der Waals surface area contributed by atoms with Gasteiger partial charge in [0.25, 0.3) is 5.91 Å². The quantitative estimate of drug-likeness (QED) is 0.761. The number of nitrogens with zero attached hydrogens (tertiary/aromatic N) is 2. The van der Waals surface area contributed by atoms with Gasteiger partial charge in [-0.3, -0.25) is 14.4 Å². The third-order valence-electron chi connectivity index (χ3n) is 6.21. The second-order valence-electron chi connectivity index (χ2n) is 8.24. The minimum atomic E-state index is -0.805. The number of para-hydroxylation sites is 1. The van der Waals surface area contributed by atoms with Gasteiger partial charge in [-0.05, 0) is 30.7 Å². The number of furan rings is 1. The molecular weight excluding hydrogens is 386 g/mol. The maximum atomic E-state index is 13.4. The van der Waals surface area contributed by atoms with Crippen molar-refractivity contribution < 1.29 is 23.5 Å². The van der Waals surface area contributed by atoms with E-state index in [-0.39, 0.29) is 23.6 Å². The molecule has 2 aromatic rings. The van der Waals surface area contributed by atoms with Crippen molar-refractivity contribution in [3.63, 3.8) is 0 Å². The van der Waals surface area contributed by atoms with E-state index in [9.17, 15) is 14.4 Å². The van der Waals surface area contributed by atoms with Gasteiger partial charge >= 0.3 is 0 Å². The Morgan fingerprint density at radius 3 is 2.53 bits per heavy atom. The van der Waals surface area contributed by atoms with Crippen molar-refractivity contribution in [3.8, 4) is 5.75 Å². The van der Waals surface area contributed by atoms with Gasteiger partial charge in [-0.2, -0.15) is 0 Å². The number of hydrogen-bond acceptors (Lipinski definition) is 5. The first-order chi connectivity index (χ1) is 14.5. The summed E-state index contributed by atoms with van der Waals surface area (Å²) in [6.07, 6.45) is 2.01. The normalized spacial score (nSPS) is 27.7. The summed E-state index contributed by atoms with van der Waals surface area (Å²) in [6.45, 7) is 3.42. The molecule has 8 nitrogen and oxygen atoms in total. The average Bonchev–Trinajstić information content (AvgIpc) is 3.27. The van der Waals surface area contributed by atoms with Crippen LogP contribution in [0.2, 0.25) is 0 Å². The second kappa shape index (κ2) is 6.90. The van der Waals surface area contributed by atoms with Crippen molar-refractivity contribution in [2.75, 3.05) is 26.2 Å². The molecule has 0 saturated carbocycles. The lowest BCUT2D eigenvalue weighted by molar-refractivity contribution is -0.153. The Balaban J connectivity index is 1.33. The van der Waals surface area contributed by atoms with Crippen LogP contribution in [0.15, 0.2) is 47.1 Å².